The third-order valence-corrected chi connectivity index (χ3v) is 8.03. The molecule has 0 aromatic rings. The normalized spacial score (nSPS) is 54.2. The molecule has 0 radical (unpaired) electrons. The molecule has 0 aromatic heterocycles. The number of allylic oxidation sites excluding steroid dienone is 1. The van der Waals surface area contributed by atoms with Crippen molar-refractivity contribution in [3.05, 3.63) is 11.6 Å². The van der Waals surface area contributed by atoms with Crippen molar-refractivity contribution >= 4 is 0 Å². The second kappa shape index (κ2) is 5.06. The highest BCUT2D eigenvalue weighted by Gasteiger charge is 2.59. The van der Waals surface area contributed by atoms with E-state index < -0.39 is 0 Å². The van der Waals surface area contributed by atoms with Gasteiger partial charge in [0.05, 0.1) is 18.8 Å². The summed E-state index contributed by atoms with van der Waals surface area (Å²) in [6.07, 6.45) is 9.91. The van der Waals surface area contributed by atoms with Crippen molar-refractivity contribution in [2.24, 2.45) is 28.6 Å². The van der Waals surface area contributed by atoms with Crippen molar-refractivity contribution < 1.29 is 15.3 Å². The fourth-order valence-corrected chi connectivity index (χ4v) is 6.70. The fourth-order valence-electron chi connectivity index (χ4n) is 6.70. The molecule has 0 amide bonds. The topological polar surface area (TPSA) is 60.7 Å². The number of hydrogen-bond donors (Lipinski definition) is 3. The summed E-state index contributed by atoms with van der Waals surface area (Å²) in [6, 6.07) is 0. The maximum atomic E-state index is 10.5. The molecule has 4 aliphatic rings. The third kappa shape index (κ3) is 1.85. The van der Waals surface area contributed by atoms with Crippen molar-refractivity contribution in [1.82, 2.24) is 0 Å². The first-order valence-corrected chi connectivity index (χ1v) is 9.18. The Morgan fingerprint density at radius 2 is 1.91 bits per heavy atom. The predicted octanol–water partition coefficient (Wildman–Crippen LogP) is 2.64. The van der Waals surface area contributed by atoms with Crippen LogP contribution < -0.4 is 0 Å². The van der Waals surface area contributed by atoms with E-state index >= 15 is 0 Å². The van der Waals surface area contributed by atoms with Gasteiger partial charge in [-0.3, -0.25) is 0 Å². The number of aliphatic hydroxyl groups is 3. The highest BCUT2D eigenvalue weighted by Crippen LogP contribution is 2.64. The van der Waals surface area contributed by atoms with Crippen LogP contribution in [0.5, 0.6) is 0 Å². The van der Waals surface area contributed by atoms with E-state index in [4.69, 9.17) is 0 Å². The van der Waals surface area contributed by atoms with Gasteiger partial charge in [0.2, 0.25) is 0 Å². The Morgan fingerprint density at radius 1 is 1.09 bits per heavy atom. The van der Waals surface area contributed by atoms with E-state index in [2.05, 4.69) is 13.0 Å². The van der Waals surface area contributed by atoms with Crippen LogP contribution in [0.1, 0.15) is 58.3 Å². The van der Waals surface area contributed by atoms with Crippen molar-refractivity contribution in [3.63, 3.8) is 0 Å². The van der Waals surface area contributed by atoms with E-state index in [1.807, 2.05) is 0 Å². The summed E-state index contributed by atoms with van der Waals surface area (Å²) in [5.41, 5.74) is 1.35. The molecule has 124 valence electrons. The minimum atomic E-state index is -0.218. The van der Waals surface area contributed by atoms with Crippen molar-refractivity contribution in [2.75, 3.05) is 6.61 Å². The average molecular weight is 306 g/mol. The number of fused-ring (bicyclic) bond motifs is 5. The molecule has 0 aromatic carbocycles. The zero-order chi connectivity index (χ0) is 15.5. The standard InChI is InChI=1S/C19H30O3/c1-18-8-7-16-14(15(18)4-5-17(18)22)3-2-12-10-13(21)6-9-19(12,16)11-20/h2,13-17,20-22H,3-11H2,1H3/t13-,14-,15+,16+,17-,18-,19+/m0/s1. The van der Waals surface area contributed by atoms with E-state index in [0.29, 0.717) is 17.8 Å². The average Bonchev–Trinajstić information content (AvgIpc) is 2.82. The van der Waals surface area contributed by atoms with Crippen LogP contribution in [0.3, 0.4) is 0 Å². The van der Waals surface area contributed by atoms with E-state index in [9.17, 15) is 15.3 Å². The molecular formula is C19H30O3. The molecule has 4 aliphatic carbocycles. The van der Waals surface area contributed by atoms with E-state index in [0.717, 1.165) is 51.4 Å². The second-order valence-electron chi connectivity index (χ2n) is 8.69. The van der Waals surface area contributed by atoms with Gasteiger partial charge in [0.15, 0.2) is 0 Å². The molecule has 0 unspecified atom stereocenters. The van der Waals surface area contributed by atoms with Gasteiger partial charge in [-0.05, 0) is 74.5 Å². The Hall–Kier alpha value is -0.380. The second-order valence-corrected chi connectivity index (χ2v) is 8.69. The molecule has 7 atom stereocenters. The fraction of sp³-hybridized carbons (Fsp3) is 0.895. The summed E-state index contributed by atoms with van der Waals surface area (Å²) in [7, 11) is 0. The van der Waals surface area contributed by atoms with Crippen LogP contribution in [0.2, 0.25) is 0 Å². The van der Waals surface area contributed by atoms with Gasteiger partial charge in [-0.15, -0.1) is 0 Å². The Morgan fingerprint density at radius 3 is 2.68 bits per heavy atom. The van der Waals surface area contributed by atoms with Crippen LogP contribution in [0.15, 0.2) is 11.6 Å². The Kier molecular flexibility index (Phi) is 3.49. The molecule has 3 nitrogen and oxygen atoms in total. The largest absolute Gasteiger partial charge is 0.395 e. The molecule has 0 saturated heterocycles. The molecule has 0 aliphatic heterocycles. The monoisotopic (exact) mass is 306 g/mol. The zero-order valence-electron chi connectivity index (χ0n) is 13.7. The van der Waals surface area contributed by atoms with Gasteiger partial charge in [-0.1, -0.05) is 18.6 Å². The summed E-state index contributed by atoms with van der Waals surface area (Å²) >= 11 is 0. The lowest BCUT2D eigenvalue weighted by Gasteiger charge is -2.58. The predicted molar refractivity (Wildman–Crippen MR) is 85.1 cm³/mol. The minimum absolute atomic E-state index is 0.0724. The van der Waals surface area contributed by atoms with Gasteiger partial charge < -0.3 is 15.3 Å². The lowest BCUT2D eigenvalue weighted by Crippen LogP contribution is -2.53. The van der Waals surface area contributed by atoms with Crippen molar-refractivity contribution in [2.45, 2.75) is 70.5 Å². The van der Waals surface area contributed by atoms with Gasteiger partial charge in [0.25, 0.3) is 0 Å². The molecule has 22 heavy (non-hydrogen) atoms. The summed E-state index contributed by atoms with van der Waals surface area (Å²) < 4.78 is 0. The molecule has 0 heterocycles. The molecule has 3 N–H and O–H groups in total. The zero-order valence-corrected chi connectivity index (χ0v) is 13.7. The lowest BCUT2D eigenvalue weighted by molar-refractivity contribution is -0.0889. The third-order valence-electron chi connectivity index (χ3n) is 8.03. The number of aliphatic hydroxyl groups excluding tert-OH is 3. The first kappa shape index (κ1) is 15.2. The van der Waals surface area contributed by atoms with E-state index in [1.165, 1.54) is 5.57 Å². The van der Waals surface area contributed by atoms with Crippen molar-refractivity contribution in [3.8, 4) is 0 Å². The summed E-state index contributed by atoms with van der Waals surface area (Å²) in [6.45, 7) is 2.53. The Bertz CT molecular complexity index is 487. The molecular weight excluding hydrogens is 276 g/mol. The number of rotatable bonds is 1. The van der Waals surface area contributed by atoms with E-state index in [-0.39, 0.29) is 29.6 Å². The van der Waals surface area contributed by atoms with Gasteiger partial charge in [-0.2, -0.15) is 0 Å². The van der Waals surface area contributed by atoms with Gasteiger partial charge in [-0.25, -0.2) is 0 Å². The maximum absolute atomic E-state index is 10.5. The molecule has 3 fully saturated rings. The Labute approximate surface area is 133 Å². The lowest BCUT2D eigenvalue weighted by atomic mass is 9.47. The van der Waals surface area contributed by atoms with Gasteiger partial charge in [0.1, 0.15) is 0 Å². The first-order chi connectivity index (χ1) is 10.5. The van der Waals surface area contributed by atoms with Crippen LogP contribution >= 0.6 is 0 Å². The van der Waals surface area contributed by atoms with Crippen LogP contribution in [-0.4, -0.2) is 34.1 Å². The molecule has 3 saturated carbocycles. The van der Waals surface area contributed by atoms with Crippen LogP contribution in [0, 0.1) is 28.6 Å². The van der Waals surface area contributed by atoms with Crippen LogP contribution in [0.4, 0.5) is 0 Å². The number of hydrogen-bond acceptors (Lipinski definition) is 3. The first-order valence-electron chi connectivity index (χ1n) is 9.18. The molecule has 4 rings (SSSR count). The molecule has 0 bridgehead atoms. The van der Waals surface area contributed by atoms with Crippen LogP contribution in [-0.2, 0) is 0 Å². The van der Waals surface area contributed by atoms with Crippen LogP contribution in [0.25, 0.3) is 0 Å². The Balaban J connectivity index is 1.70. The SMILES string of the molecule is C[C@]12CC[C@@H]3[C@@H](CC=C4C[C@@H](O)CC[C@@]43CO)[C@H]1CC[C@@H]2O. The van der Waals surface area contributed by atoms with Gasteiger partial charge >= 0.3 is 0 Å². The highest BCUT2D eigenvalue weighted by molar-refractivity contribution is 5.26. The van der Waals surface area contributed by atoms with Gasteiger partial charge in [0, 0.05) is 5.41 Å². The summed E-state index contributed by atoms with van der Waals surface area (Å²) in [5.74, 6) is 1.77. The minimum Gasteiger partial charge on any atom is -0.395 e. The highest BCUT2D eigenvalue weighted by atomic mass is 16.3. The maximum Gasteiger partial charge on any atom is 0.0596 e. The smallest absolute Gasteiger partial charge is 0.0596 e. The van der Waals surface area contributed by atoms with E-state index in [1.54, 1.807) is 0 Å². The summed E-state index contributed by atoms with van der Waals surface area (Å²) in [4.78, 5) is 0. The molecule has 0 spiro atoms. The quantitative estimate of drug-likeness (QED) is 0.653. The summed E-state index contributed by atoms with van der Waals surface area (Å²) in [5, 5.41) is 30.8. The molecule has 3 heteroatoms. The van der Waals surface area contributed by atoms with Crippen molar-refractivity contribution in [1.29, 1.82) is 0 Å².